The minimum Gasteiger partial charge on any atom is -0.349 e. The number of hydrogen-bond donors (Lipinski definition) is 1. The van der Waals surface area contributed by atoms with Gasteiger partial charge in [-0.2, -0.15) is 0 Å². The van der Waals surface area contributed by atoms with E-state index in [1.807, 2.05) is 13.8 Å². The summed E-state index contributed by atoms with van der Waals surface area (Å²) >= 11 is 11.8. The highest BCUT2D eigenvalue weighted by molar-refractivity contribution is 8.13. The SMILES string of the molecule is CCCC(CC)NC(=O)c1cc(S(=O)(=O)Cl)cc(Cl)c1Cl. The van der Waals surface area contributed by atoms with E-state index < -0.39 is 15.0 Å². The predicted molar refractivity (Wildman–Crippen MR) is 86.0 cm³/mol. The highest BCUT2D eigenvalue weighted by Gasteiger charge is 2.21. The van der Waals surface area contributed by atoms with Gasteiger partial charge in [-0.05, 0) is 25.0 Å². The highest BCUT2D eigenvalue weighted by Crippen LogP contribution is 2.31. The van der Waals surface area contributed by atoms with Gasteiger partial charge in [-0.1, -0.05) is 43.5 Å². The second-order valence-electron chi connectivity index (χ2n) is 4.57. The number of nitrogens with one attached hydrogen (secondary N) is 1. The Morgan fingerprint density at radius 1 is 1.29 bits per heavy atom. The first kappa shape index (κ1) is 18.6. The molecule has 0 spiro atoms. The Balaban J connectivity index is 3.17. The Labute approximate surface area is 139 Å². The van der Waals surface area contributed by atoms with Gasteiger partial charge in [0, 0.05) is 16.7 Å². The molecule has 1 N–H and O–H groups in total. The fourth-order valence-electron chi connectivity index (χ4n) is 1.86. The first-order valence-electron chi connectivity index (χ1n) is 6.45. The maximum atomic E-state index is 12.2. The Hall–Kier alpha value is -0.490. The molecule has 8 heteroatoms. The number of hydrogen-bond acceptors (Lipinski definition) is 3. The van der Waals surface area contributed by atoms with Crippen molar-refractivity contribution in [2.75, 3.05) is 0 Å². The van der Waals surface area contributed by atoms with Crippen LogP contribution >= 0.6 is 33.9 Å². The van der Waals surface area contributed by atoms with E-state index >= 15 is 0 Å². The molecule has 1 aromatic rings. The van der Waals surface area contributed by atoms with Crippen molar-refractivity contribution in [1.82, 2.24) is 5.32 Å². The summed E-state index contributed by atoms with van der Waals surface area (Å²) in [5.41, 5.74) is -0.00190. The normalized spacial score (nSPS) is 13.0. The van der Waals surface area contributed by atoms with Crippen molar-refractivity contribution < 1.29 is 13.2 Å². The largest absolute Gasteiger partial charge is 0.349 e. The van der Waals surface area contributed by atoms with Crippen molar-refractivity contribution in [3.05, 3.63) is 27.7 Å². The zero-order chi connectivity index (χ0) is 16.2. The molecule has 0 fully saturated rings. The van der Waals surface area contributed by atoms with Crippen LogP contribution in [0.15, 0.2) is 17.0 Å². The molecule has 4 nitrogen and oxygen atoms in total. The molecule has 0 heterocycles. The van der Waals surface area contributed by atoms with Gasteiger partial charge in [0.25, 0.3) is 15.0 Å². The van der Waals surface area contributed by atoms with Crippen LogP contribution in [0.3, 0.4) is 0 Å². The Morgan fingerprint density at radius 3 is 2.38 bits per heavy atom. The molecule has 0 bridgehead atoms. The molecule has 0 aliphatic heterocycles. The van der Waals surface area contributed by atoms with E-state index in [-0.39, 0.29) is 26.5 Å². The minimum absolute atomic E-state index is 0.00190. The first-order chi connectivity index (χ1) is 9.70. The molecule has 1 aromatic carbocycles. The number of amides is 1. The number of carbonyl (C=O) groups is 1. The molecular weight excluding hydrogens is 357 g/mol. The van der Waals surface area contributed by atoms with E-state index in [2.05, 4.69) is 5.32 Å². The van der Waals surface area contributed by atoms with Crippen LogP contribution in [0, 0.1) is 0 Å². The van der Waals surface area contributed by atoms with E-state index in [1.165, 1.54) is 0 Å². The quantitative estimate of drug-likeness (QED) is 0.760. The summed E-state index contributed by atoms with van der Waals surface area (Å²) < 4.78 is 22.8. The van der Waals surface area contributed by atoms with Crippen molar-refractivity contribution in [2.24, 2.45) is 0 Å². The van der Waals surface area contributed by atoms with Crippen molar-refractivity contribution in [1.29, 1.82) is 0 Å². The molecule has 0 radical (unpaired) electrons. The van der Waals surface area contributed by atoms with Gasteiger partial charge in [0.15, 0.2) is 0 Å². The molecule has 21 heavy (non-hydrogen) atoms. The smallest absolute Gasteiger partial charge is 0.261 e. The van der Waals surface area contributed by atoms with Gasteiger partial charge in [-0.15, -0.1) is 0 Å². The lowest BCUT2D eigenvalue weighted by molar-refractivity contribution is 0.0933. The van der Waals surface area contributed by atoms with E-state index in [0.29, 0.717) is 0 Å². The maximum Gasteiger partial charge on any atom is 0.261 e. The summed E-state index contributed by atoms with van der Waals surface area (Å²) in [6, 6.07) is 2.24. The van der Waals surface area contributed by atoms with Crippen LogP contribution in [-0.2, 0) is 9.05 Å². The van der Waals surface area contributed by atoms with Crippen molar-refractivity contribution >= 4 is 48.8 Å². The molecule has 1 atom stereocenters. The van der Waals surface area contributed by atoms with Crippen molar-refractivity contribution in [3.8, 4) is 0 Å². The molecular formula is C13H16Cl3NO3S. The standard InChI is InChI=1S/C13H16Cl3NO3S/c1-3-5-8(4-2)17-13(18)10-6-9(21(16,19)20)7-11(14)12(10)15/h6-8H,3-5H2,1-2H3,(H,17,18). The zero-order valence-corrected chi connectivity index (χ0v) is 14.7. The zero-order valence-electron chi connectivity index (χ0n) is 11.6. The number of benzene rings is 1. The van der Waals surface area contributed by atoms with E-state index in [0.717, 1.165) is 31.4 Å². The average molecular weight is 373 g/mol. The fourth-order valence-corrected chi connectivity index (χ4v) is 3.12. The number of carbonyl (C=O) groups excluding carboxylic acids is 1. The summed E-state index contributed by atoms with van der Waals surface area (Å²) in [5, 5.41) is 2.78. The molecule has 1 amide bonds. The molecule has 0 aliphatic rings. The fraction of sp³-hybridized carbons (Fsp3) is 0.462. The monoisotopic (exact) mass is 371 g/mol. The highest BCUT2D eigenvalue weighted by atomic mass is 35.7. The van der Waals surface area contributed by atoms with Crippen LogP contribution in [0.2, 0.25) is 10.0 Å². The van der Waals surface area contributed by atoms with Gasteiger partial charge in [0.1, 0.15) is 0 Å². The summed E-state index contributed by atoms with van der Waals surface area (Å²) in [6.07, 6.45) is 2.50. The number of halogens is 3. The van der Waals surface area contributed by atoms with Gasteiger partial charge in [-0.25, -0.2) is 8.42 Å². The average Bonchev–Trinajstić information content (AvgIpc) is 2.39. The topological polar surface area (TPSA) is 63.2 Å². The lowest BCUT2D eigenvalue weighted by atomic mass is 10.1. The molecule has 0 aromatic heterocycles. The van der Waals surface area contributed by atoms with Crippen LogP contribution in [-0.4, -0.2) is 20.4 Å². The lowest BCUT2D eigenvalue weighted by Gasteiger charge is -2.17. The summed E-state index contributed by atoms with van der Waals surface area (Å²) in [4.78, 5) is 12.0. The van der Waals surface area contributed by atoms with Gasteiger partial charge in [-0.3, -0.25) is 4.79 Å². The molecule has 0 saturated carbocycles. The maximum absolute atomic E-state index is 12.2. The third kappa shape index (κ3) is 5.02. The molecule has 0 saturated heterocycles. The van der Waals surface area contributed by atoms with E-state index in [4.69, 9.17) is 33.9 Å². The third-order valence-electron chi connectivity index (χ3n) is 2.99. The summed E-state index contributed by atoms with van der Waals surface area (Å²) in [5.74, 6) is -0.468. The van der Waals surface area contributed by atoms with Crippen LogP contribution < -0.4 is 5.32 Å². The molecule has 1 rings (SSSR count). The lowest BCUT2D eigenvalue weighted by Crippen LogP contribution is -2.34. The molecule has 0 aliphatic carbocycles. The predicted octanol–water partition coefficient (Wildman–Crippen LogP) is 4.23. The van der Waals surface area contributed by atoms with Gasteiger partial charge < -0.3 is 5.32 Å². The van der Waals surface area contributed by atoms with E-state index in [9.17, 15) is 13.2 Å². The van der Waals surface area contributed by atoms with Gasteiger partial charge in [0.2, 0.25) is 0 Å². The van der Waals surface area contributed by atoms with Crippen LogP contribution in [0.25, 0.3) is 0 Å². The van der Waals surface area contributed by atoms with Gasteiger partial charge >= 0.3 is 0 Å². The van der Waals surface area contributed by atoms with Crippen molar-refractivity contribution in [2.45, 2.75) is 44.0 Å². The molecule has 118 valence electrons. The summed E-state index contributed by atoms with van der Waals surface area (Å²) in [7, 11) is 1.29. The first-order valence-corrected chi connectivity index (χ1v) is 9.51. The van der Waals surface area contributed by atoms with Crippen LogP contribution in [0.5, 0.6) is 0 Å². The second kappa shape index (κ2) is 7.68. The van der Waals surface area contributed by atoms with E-state index in [1.54, 1.807) is 0 Å². The second-order valence-corrected chi connectivity index (χ2v) is 7.92. The Kier molecular flexibility index (Phi) is 6.78. The Bertz CT molecular complexity index is 632. The molecule has 1 unspecified atom stereocenters. The van der Waals surface area contributed by atoms with Crippen molar-refractivity contribution in [3.63, 3.8) is 0 Å². The summed E-state index contributed by atoms with van der Waals surface area (Å²) in [6.45, 7) is 3.97. The van der Waals surface area contributed by atoms with Gasteiger partial charge in [0.05, 0.1) is 20.5 Å². The van der Waals surface area contributed by atoms with Crippen LogP contribution in [0.1, 0.15) is 43.5 Å². The van der Waals surface area contributed by atoms with Crippen LogP contribution in [0.4, 0.5) is 0 Å². The minimum atomic E-state index is -3.99. The Morgan fingerprint density at radius 2 is 1.90 bits per heavy atom. The third-order valence-corrected chi connectivity index (χ3v) is 5.13. The number of rotatable bonds is 6.